The van der Waals surface area contributed by atoms with E-state index in [1.165, 1.54) is 28.9 Å². The van der Waals surface area contributed by atoms with Crippen LogP contribution in [-0.2, 0) is 16.4 Å². The molecule has 5 rings (SSSR count). The third-order valence-corrected chi connectivity index (χ3v) is 5.93. The van der Waals surface area contributed by atoms with E-state index in [0.29, 0.717) is 11.3 Å². The number of aromatic nitrogens is 2. The highest BCUT2D eigenvalue weighted by Gasteiger charge is 2.35. The fourth-order valence-corrected chi connectivity index (χ4v) is 4.38. The number of hydrogen-bond acceptors (Lipinski definition) is 3. The van der Waals surface area contributed by atoms with Crippen molar-refractivity contribution in [3.8, 4) is 16.9 Å². The van der Waals surface area contributed by atoms with Crippen LogP contribution < -0.4 is 9.86 Å². The molecule has 0 radical (unpaired) electrons. The molecule has 0 bridgehead atoms. The summed E-state index contributed by atoms with van der Waals surface area (Å²) in [4.78, 5) is 0. The summed E-state index contributed by atoms with van der Waals surface area (Å²) in [6, 6.07) is 23.9. The molecule has 0 aliphatic carbocycles. The van der Waals surface area contributed by atoms with Crippen molar-refractivity contribution >= 4 is 37.4 Å². The number of fused-ring (bicyclic) bond motifs is 3. The smallest absolute Gasteiger partial charge is 0.271 e. The summed E-state index contributed by atoms with van der Waals surface area (Å²) in [5.41, 5.74) is 0.261. The fourth-order valence-electron chi connectivity index (χ4n) is 3.92. The highest BCUT2D eigenvalue weighted by molar-refractivity contribution is 7.90. The molecule has 0 spiro atoms. The zero-order valence-corrected chi connectivity index (χ0v) is 18.2. The summed E-state index contributed by atoms with van der Waals surface area (Å²) in [5, 5.41) is 12.7. The average Bonchev–Trinajstić information content (AvgIpc) is 3.24. The molecule has 0 fully saturated rings. The number of nitrogens with zero attached hydrogens (tertiary/aromatic N) is 2. The van der Waals surface area contributed by atoms with Gasteiger partial charge in [-0.1, -0.05) is 48.5 Å². The summed E-state index contributed by atoms with van der Waals surface area (Å²) in [6.45, 7) is 0. The van der Waals surface area contributed by atoms with E-state index in [9.17, 15) is 21.6 Å². The largest absolute Gasteiger partial charge is 0.435 e. The molecular formula is C24H17F3N4O2S. The molecule has 0 unspecified atom stereocenters. The number of alkyl halides is 3. The number of nitrogens with one attached hydrogen (secondary N) is 1. The predicted octanol–water partition coefficient (Wildman–Crippen LogP) is 5.48. The van der Waals surface area contributed by atoms with Crippen molar-refractivity contribution in [1.82, 2.24) is 9.78 Å². The van der Waals surface area contributed by atoms with Crippen LogP contribution in [0.2, 0.25) is 0 Å². The van der Waals surface area contributed by atoms with E-state index in [2.05, 4.69) is 9.82 Å². The Morgan fingerprint density at radius 1 is 0.824 bits per heavy atom. The van der Waals surface area contributed by atoms with E-state index in [1.807, 2.05) is 48.5 Å². The minimum atomic E-state index is -4.64. The molecule has 1 heterocycles. The van der Waals surface area contributed by atoms with Crippen molar-refractivity contribution in [3.63, 3.8) is 0 Å². The van der Waals surface area contributed by atoms with Crippen molar-refractivity contribution in [2.24, 2.45) is 5.14 Å². The number of benzene rings is 4. The van der Waals surface area contributed by atoms with Crippen LogP contribution in [-0.4, -0.2) is 18.2 Å². The highest BCUT2D eigenvalue weighted by atomic mass is 32.2. The van der Waals surface area contributed by atoms with Gasteiger partial charge in [0.05, 0.1) is 11.4 Å². The maximum Gasteiger partial charge on any atom is 0.435 e. The number of rotatable bonds is 4. The van der Waals surface area contributed by atoms with Crippen LogP contribution in [0.5, 0.6) is 0 Å². The second-order valence-electron chi connectivity index (χ2n) is 7.74. The third-order valence-electron chi connectivity index (χ3n) is 5.41. The van der Waals surface area contributed by atoms with Crippen LogP contribution in [0.1, 0.15) is 5.69 Å². The third kappa shape index (κ3) is 4.20. The standard InChI is InChI=1S/C24H17F3N4O2S/c25-24(26,27)23-14-22(31(29-23)19-11-9-18(10-12-19)30-34(28,32)33)17-8-7-16-6-5-15-3-1-2-4-20(15)21(16)13-17/h1-14,30H,(H2,28,32,33). The lowest BCUT2D eigenvalue weighted by atomic mass is 9.99. The minimum absolute atomic E-state index is 0.174. The Kier molecular flexibility index (Phi) is 5.07. The van der Waals surface area contributed by atoms with Crippen molar-refractivity contribution in [3.05, 3.63) is 90.6 Å². The summed E-state index contributed by atoms with van der Waals surface area (Å²) in [6.07, 6.45) is -4.64. The Bertz CT molecular complexity index is 1640. The van der Waals surface area contributed by atoms with E-state index in [4.69, 9.17) is 5.14 Å². The summed E-state index contributed by atoms with van der Waals surface area (Å²) < 4.78 is 66.4. The average molecular weight is 482 g/mol. The quantitative estimate of drug-likeness (QED) is 0.333. The molecule has 0 aliphatic heterocycles. The summed E-state index contributed by atoms with van der Waals surface area (Å²) in [7, 11) is -3.98. The zero-order chi connectivity index (χ0) is 24.1. The van der Waals surface area contributed by atoms with Crippen LogP contribution >= 0.6 is 0 Å². The number of nitrogens with two attached hydrogens (primary N) is 1. The first-order valence-corrected chi connectivity index (χ1v) is 11.6. The number of anilines is 1. The molecule has 34 heavy (non-hydrogen) atoms. The SMILES string of the molecule is NS(=O)(=O)Nc1ccc(-n2nc(C(F)(F)F)cc2-c2ccc3ccc4ccccc4c3c2)cc1. The Morgan fingerprint density at radius 2 is 1.47 bits per heavy atom. The second kappa shape index (κ2) is 7.86. The van der Waals surface area contributed by atoms with Gasteiger partial charge in [0.25, 0.3) is 10.2 Å². The summed E-state index contributed by atoms with van der Waals surface area (Å²) in [5.74, 6) is 0. The van der Waals surface area contributed by atoms with Gasteiger partial charge in [0, 0.05) is 11.3 Å². The normalized spacial score (nSPS) is 12.4. The first-order valence-electron chi connectivity index (χ1n) is 10.1. The van der Waals surface area contributed by atoms with Gasteiger partial charge in [-0.25, -0.2) is 9.82 Å². The molecule has 0 aliphatic rings. The van der Waals surface area contributed by atoms with Gasteiger partial charge in [-0.15, -0.1) is 0 Å². The van der Waals surface area contributed by atoms with Crippen molar-refractivity contribution in [2.75, 3.05) is 4.72 Å². The van der Waals surface area contributed by atoms with Crippen LogP contribution in [0.4, 0.5) is 18.9 Å². The van der Waals surface area contributed by atoms with Crippen LogP contribution in [0.15, 0.2) is 84.9 Å². The van der Waals surface area contributed by atoms with Crippen LogP contribution in [0, 0.1) is 0 Å². The highest BCUT2D eigenvalue weighted by Crippen LogP contribution is 2.35. The van der Waals surface area contributed by atoms with Gasteiger partial charge in [-0.05, 0) is 57.9 Å². The van der Waals surface area contributed by atoms with Gasteiger partial charge in [-0.2, -0.15) is 26.7 Å². The molecule has 0 amide bonds. The van der Waals surface area contributed by atoms with Crippen LogP contribution in [0.25, 0.3) is 38.5 Å². The number of hydrogen-bond donors (Lipinski definition) is 2. The molecule has 1 aromatic heterocycles. The minimum Gasteiger partial charge on any atom is -0.271 e. The lowest BCUT2D eigenvalue weighted by Crippen LogP contribution is -2.21. The lowest BCUT2D eigenvalue weighted by Gasteiger charge is -2.11. The van der Waals surface area contributed by atoms with Gasteiger partial charge in [0.15, 0.2) is 5.69 Å². The molecule has 5 aromatic rings. The Balaban J connectivity index is 1.68. The molecule has 0 atom stereocenters. The molecule has 0 saturated carbocycles. The van der Waals surface area contributed by atoms with Crippen LogP contribution in [0.3, 0.4) is 0 Å². The molecule has 3 N–H and O–H groups in total. The molecule has 6 nitrogen and oxygen atoms in total. The van der Waals surface area contributed by atoms with Gasteiger partial charge < -0.3 is 0 Å². The topological polar surface area (TPSA) is 90.0 Å². The van der Waals surface area contributed by atoms with E-state index in [0.717, 1.165) is 27.6 Å². The maximum atomic E-state index is 13.6. The maximum absolute atomic E-state index is 13.6. The monoisotopic (exact) mass is 482 g/mol. The number of halogens is 3. The first kappa shape index (κ1) is 21.9. The Morgan fingerprint density at radius 3 is 2.15 bits per heavy atom. The fraction of sp³-hybridized carbons (Fsp3) is 0.0417. The zero-order valence-electron chi connectivity index (χ0n) is 17.4. The molecule has 4 aromatic carbocycles. The Hall–Kier alpha value is -3.89. The summed E-state index contributed by atoms with van der Waals surface area (Å²) >= 11 is 0. The van der Waals surface area contributed by atoms with Gasteiger partial charge in [0.1, 0.15) is 0 Å². The lowest BCUT2D eigenvalue weighted by molar-refractivity contribution is -0.141. The van der Waals surface area contributed by atoms with E-state index >= 15 is 0 Å². The van der Waals surface area contributed by atoms with Gasteiger partial charge in [-0.3, -0.25) is 4.72 Å². The first-order chi connectivity index (χ1) is 16.1. The van der Waals surface area contributed by atoms with Gasteiger partial charge in [0.2, 0.25) is 0 Å². The molecular weight excluding hydrogens is 465 g/mol. The van der Waals surface area contributed by atoms with E-state index in [-0.39, 0.29) is 11.4 Å². The Labute approximate surface area is 192 Å². The van der Waals surface area contributed by atoms with Crippen molar-refractivity contribution in [1.29, 1.82) is 0 Å². The molecule has 172 valence electrons. The van der Waals surface area contributed by atoms with E-state index in [1.54, 1.807) is 6.07 Å². The predicted molar refractivity (Wildman–Crippen MR) is 126 cm³/mol. The van der Waals surface area contributed by atoms with Gasteiger partial charge >= 0.3 is 6.18 Å². The van der Waals surface area contributed by atoms with Crippen molar-refractivity contribution < 1.29 is 21.6 Å². The van der Waals surface area contributed by atoms with Crippen molar-refractivity contribution in [2.45, 2.75) is 6.18 Å². The van der Waals surface area contributed by atoms with E-state index < -0.39 is 22.1 Å². The second-order valence-corrected chi connectivity index (χ2v) is 9.04. The molecule has 0 saturated heterocycles. The molecule has 10 heteroatoms.